The third kappa shape index (κ3) is 4.46. The molecule has 2 N–H and O–H groups in total. The van der Waals surface area contributed by atoms with Gasteiger partial charge in [0.25, 0.3) is 0 Å². The molecule has 0 bridgehead atoms. The molecule has 0 radical (unpaired) electrons. The molecule has 3 heterocycles. The third-order valence-corrected chi connectivity index (χ3v) is 3.09. The van der Waals surface area contributed by atoms with Crippen LogP contribution in [0.5, 0.6) is 0 Å². The lowest BCUT2D eigenvalue weighted by molar-refractivity contribution is -0.115. The van der Waals surface area contributed by atoms with Crippen molar-refractivity contribution in [3.8, 4) is 23.2 Å². The Kier molecular flexibility index (Phi) is 5.44. The fourth-order valence-corrected chi connectivity index (χ4v) is 1.90. The van der Waals surface area contributed by atoms with Crippen LogP contribution in [-0.2, 0) is 4.79 Å². The van der Waals surface area contributed by atoms with Crippen molar-refractivity contribution in [1.29, 1.82) is 0 Å². The standard InChI is InChI=1S/C14H12ClN9O/c15-8-16-7-11(25)20-9-2-3-10(19-6-9)12-21-23-14(24-22-12)13-17-4-1-5-18-13/h1-6,16H,7-8H2,(H,20,25). The van der Waals surface area contributed by atoms with E-state index in [1.165, 1.54) is 6.20 Å². The number of anilines is 1. The molecule has 0 saturated heterocycles. The van der Waals surface area contributed by atoms with Gasteiger partial charge in [-0.05, 0) is 18.2 Å². The first-order valence-corrected chi connectivity index (χ1v) is 7.67. The van der Waals surface area contributed by atoms with E-state index in [1.807, 2.05) is 0 Å². The topological polar surface area (TPSA) is 131 Å². The van der Waals surface area contributed by atoms with E-state index in [-0.39, 0.29) is 30.1 Å². The van der Waals surface area contributed by atoms with Gasteiger partial charge < -0.3 is 5.32 Å². The Balaban J connectivity index is 1.69. The summed E-state index contributed by atoms with van der Waals surface area (Å²) < 4.78 is 0. The minimum Gasteiger partial charge on any atom is -0.324 e. The molecule has 1 amide bonds. The summed E-state index contributed by atoms with van der Waals surface area (Å²) in [6.45, 7) is 0.116. The van der Waals surface area contributed by atoms with Crippen LogP contribution < -0.4 is 10.6 Å². The van der Waals surface area contributed by atoms with Crippen molar-refractivity contribution < 1.29 is 4.79 Å². The zero-order valence-electron chi connectivity index (χ0n) is 12.8. The molecule has 0 aliphatic heterocycles. The van der Waals surface area contributed by atoms with Crippen LogP contribution >= 0.6 is 11.6 Å². The molecular weight excluding hydrogens is 346 g/mol. The van der Waals surface area contributed by atoms with Gasteiger partial charge in [-0.3, -0.25) is 15.1 Å². The molecule has 3 aromatic rings. The highest BCUT2D eigenvalue weighted by atomic mass is 35.5. The predicted molar refractivity (Wildman–Crippen MR) is 89.2 cm³/mol. The molecule has 3 rings (SSSR count). The number of amides is 1. The van der Waals surface area contributed by atoms with E-state index in [9.17, 15) is 4.79 Å². The summed E-state index contributed by atoms with van der Waals surface area (Å²) in [7, 11) is 0. The number of carbonyl (C=O) groups excluding carboxylic acids is 1. The van der Waals surface area contributed by atoms with Crippen LogP contribution in [-0.4, -0.2) is 53.8 Å². The summed E-state index contributed by atoms with van der Waals surface area (Å²) in [6.07, 6.45) is 4.65. The smallest absolute Gasteiger partial charge is 0.240 e. The monoisotopic (exact) mass is 357 g/mol. The van der Waals surface area contributed by atoms with Gasteiger partial charge >= 0.3 is 0 Å². The lowest BCUT2D eigenvalue weighted by atomic mass is 10.3. The number of pyridine rings is 1. The zero-order valence-corrected chi connectivity index (χ0v) is 13.6. The number of alkyl halides is 1. The molecule has 0 unspecified atom stereocenters. The molecular formula is C14H12ClN9O. The molecule has 11 heteroatoms. The van der Waals surface area contributed by atoms with Crippen molar-refractivity contribution in [3.05, 3.63) is 36.8 Å². The van der Waals surface area contributed by atoms with E-state index in [4.69, 9.17) is 11.6 Å². The second kappa shape index (κ2) is 8.13. The summed E-state index contributed by atoms with van der Waals surface area (Å²) in [4.78, 5) is 23.8. The Morgan fingerprint density at radius 1 is 0.960 bits per heavy atom. The quantitative estimate of drug-likeness (QED) is 0.478. The SMILES string of the molecule is O=C(CNCCl)Nc1ccc(-c2nnc(-c3ncccn3)nn2)nc1. The number of nitrogens with one attached hydrogen (secondary N) is 2. The largest absolute Gasteiger partial charge is 0.324 e. The molecule has 126 valence electrons. The number of hydrogen-bond acceptors (Lipinski definition) is 9. The molecule has 0 spiro atoms. The van der Waals surface area contributed by atoms with Crippen molar-refractivity contribution in [3.63, 3.8) is 0 Å². The van der Waals surface area contributed by atoms with E-state index < -0.39 is 0 Å². The fourth-order valence-electron chi connectivity index (χ4n) is 1.80. The number of nitrogens with zero attached hydrogens (tertiary/aromatic N) is 7. The maximum atomic E-state index is 11.6. The van der Waals surface area contributed by atoms with E-state index in [1.54, 1.807) is 30.6 Å². The average molecular weight is 358 g/mol. The molecule has 0 atom stereocenters. The Hall–Kier alpha value is -3.11. The van der Waals surface area contributed by atoms with Crippen LogP contribution in [0.4, 0.5) is 5.69 Å². The Labute approximate surface area is 147 Å². The number of hydrogen-bond donors (Lipinski definition) is 2. The molecule has 0 saturated carbocycles. The Bertz CT molecular complexity index is 827. The van der Waals surface area contributed by atoms with Crippen molar-refractivity contribution in [2.45, 2.75) is 0 Å². The highest BCUT2D eigenvalue weighted by Gasteiger charge is 2.09. The number of halogens is 1. The van der Waals surface area contributed by atoms with Crippen LogP contribution in [0.2, 0.25) is 0 Å². The van der Waals surface area contributed by atoms with Gasteiger partial charge in [0.2, 0.25) is 23.4 Å². The first-order chi connectivity index (χ1) is 12.3. The van der Waals surface area contributed by atoms with E-state index >= 15 is 0 Å². The normalized spacial score (nSPS) is 10.4. The van der Waals surface area contributed by atoms with E-state index in [2.05, 4.69) is 46.0 Å². The second-order valence-corrected chi connectivity index (χ2v) is 4.93. The Morgan fingerprint density at radius 3 is 2.32 bits per heavy atom. The van der Waals surface area contributed by atoms with Crippen LogP contribution in [0.15, 0.2) is 36.8 Å². The molecule has 3 aromatic heterocycles. The Morgan fingerprint density at radius 2 is 1.68 bits per heavy atom. The van der Waals surface area contributed by atoms with E-state index in [0.717, 1.165) is 0 Å². The molecule has 0 aromatic carbocycles. The maximum absolute atomic E-state index is 11.6. The lowest BCUT2D eigenvalue weighted by Crippen LogP contribution is -2.27. The first-order valence-electron chi connectivity index (χ1n) is 7.14. The lowest BCUT2D eigenvalue weighted by Gasteiger charge is -2.05. The molecule has 10 nitrogen and oxygen atoms in total. The number of rotatable bonds is 6. The van der Waals surface area contributed by atoms with Gasteiger partial charge in [-0.15, -0.1) is 32.0 Å². The average Bonchev–Trinajstić information content (AvgIpc) is 2.68. The minimum atomic E-state index is -0.220. The minimum absolute atomic E-state index is 0.116. The molecule has 0 aliphatic rings. The molecule has 0 fully saturated rings. The molecule has 0 aliphatic carbocycles. The van der Waals surface area contributed by atoms with Crippen LogP contribution in [0.3, 0.4) is 0 Å². The fraction of sp³-hybridized carbons (Fsp3) is 0.143. The zero-order chi connectivity index (χ0) is 17.5. The molecule has 25 heavy (non-hydrogen) atoms. The van der Waals surface area contributed by atoms with Gasteiger partial charge in [-0.2, -0.15) is 0 Å². The number of aromatic nitrogens is 7. The summed E-state index contributed by atoms with van der Waals surface area (Å²) >= 11 is 5.45. The second-order valence-electron chi connectivity index (χ2n) is 4.66. The van der Waals surface area contributed by atoms with Crippen LogP contribution in [0.1, 0.15) is 0 Å². The maximum Gasteiger partial charge on any atom is 0.240 e. The summed E-state index contributed by atoms with van der Waals surface area (Å²) in [5, 5.41) is 21.2. The van der Waals surface area contributed by atoms with Crippen molar-refractivity contribution in [2.24, 2.45) is 0 Å². The van der Waals surface area contributed by atoms with Gasteiger partial charge in [-0.25, -0.2) is 9.97 Å². The van der Waals surface area contributed by atoms with Crippen molar-refractivity contribution >= 4 is 23.2 Å². The first kappa shape index (κ1) is 16.7. The van der Waals surface area contributed by atoms with Gasteiger partial charge in [0.15, 0.2) is 0 Å². The summed E-state index contributed by atoms with van der Waals surface area (Å²) in [5.74, 6) is 0.592. The number of carbonyl (C=O) groups is 1. The van der Waals surface area contributed by atoms with E-state index in [0.29, 0.717) is 17.2 Å². The van der Waals surface area contributed by atoms with Crippen molar-refractivity contribution in [1.82, 2.24) is 40.7 Å². The predicted octanol–water partition coefficient (Wildman–Crippen LogP) is 0.510. The summed E-state index contributed by atoms with van der Waals surface area (Å²) in [6, 6.07) is 5.22. The third-order valence-electron chi connectivity index (χ3n) is 2.90. The van der Waals surface area contributed by atoms with Crippen LogP contribution in [0.25, 0.3) is 23.2 Å². The van der Waals surface area contributed by atoms with Gasteiger partial charge in [-0.1, -0.05) is 0 Å². The highest BCUT2D eigenvalue weighted by Crippen LogP contribution is 2.14. The van der Waals surface area contributed by atoms with Gasteiger partial charge in [0, 0.05) is 12.4 Å². The highest BCUT2D eigenvalue weighted by molar-refractivity contribution is 6.17. The van der Waals surface area contributed by atoms with Gasteiger partial charge in [0.1, 0.15) is 5.69 Å². The van der Waals surface area contributed by atoms with Crippen LogP contribution in [0, 0.1) is 0 Å². The summed E-state index contributed by atoms with van der Waals surface area (Å²) in [5.41, 5.74) is 1.01. The van der Waals surface area contributed by atoms with Crippen molar-refractivity contribution in [2.75, 3.05) is 17.9 Å². The van der Waals surface area contributed by atoms with Gasteiger partial charge in [0.05, 0.1) is 24.4 Å².